The molecule has 0 fully saturated rings. The summed E-state index contributed by atoms with van der Waals surface area (Å²) >= 11 is 3.47. The normalized spacial score (nSPS) is 18.5. The molecule has 0 radical (unpaired) electrons. The monoisotopic (exact) mass is 262 g/mol. The highest BCUT2D eigenvalue weighted by molar-refractivity contribution is 8.21. The van der Waals surface area contributed by atoms with Crippen molar-refractivity contribution in [2.24, 2.45) is 0 Å². The largest absolute Gasteiger partial charge is 0.290 e. The maximum Gasteiger partial charge on any atom is 0.182 e. The number of hydrogen-bond donors (Lipinski definition) is 0. The number of carbonyl (C=O) groups excluding carboxylic acids is 1. The van der Waals surface area contributed by atoms with Gasteiger partial charge < -0.3 is 0 Å². The summed E-state index contributed by atoms with van der Waals surface area (Å²) < 4.78 is 1.26. The summed E-state index contributed by atoms with van der Waals surface area (Å²) in [5.41, 5.74) is 3.29. The Balaban J connectivity index is 2.56. The van der Waals surface area contributed by atoms with Gasteiger partial charge in [0, 0.05) is 16.2 Å². The Morgan fingerprint density at radius 2 is 1.71 bits per heavy atom. The molecule has 2 aliphatic carbocycles. The molecule has 0 aliphatic heterocycles. The van der Waals surface area contributed by atoms with E-state index in [1.807, 2.05) is 24.3 Å². The van der Waals surface area contributed by atoms with Gasteiger partial charge in [0.2, 0.25) is 0 Å². The van der Waals surface area contributed by atoms with E-state index < -0.39 is 0 Å². The smallest absolute Gasteiger partial charge is 0.182 e. The minimum atomic E-state index is 0.124. The van der Waals surface area contributed by atoms with Gasteiger partial charge in [-0.2, -0.15) is 0 Å². The zero-order valence-electron chi connectivity index (χ0n) is 9.90. The van der Waals surface area contributed by atoms with Gasteiger partial charge in [0.05, 0.1) is 0 Å². The van der Waals surface area contributed by atoms with Crippen molar-refractivity contribution in [3.05, 3.63) is 57.4 Å². The van der Waals surface area contributed by atoms with Crippen LogP contribution in [0.2, 0.25) is 0 Å². The van der Waals surface area contributed by atoms with Gasteiger partial charge >= 0.3 is 0 Å². The van der Waals surface area contributed by atoms with Crippen molar-refractivity contribution in [3.63, 3.8) is 0 Å². The SMILES string of the molecule is CSC(SC)=C1C=CC(=O)C2=CC=CC=C1C2. The number of fused-ring (bicyclic) bond motifs is 2. The molecule has 0 unspecified atom stereocenters. The number of thioether (sulfide) groups is 2. The van der Waals surface area contributed by atoms with Crippen molar-refractivity contribution in [3.8, 4) is 0 Å². The third kappa shape index (κ3) is 2.67. The standard InChI is InChI=1S/C14H14OS2/c1-16-14(17-2)12-7-8-13(15)11-6-4-3-5-10(12)9-11/h3-8H,9H2,1-2H3. The summed E-state index contributed by atoms with van der Waals surface area (Å²) in [7, 11) is 0. The van der Waals surface area contributed by atoms with E-state index in [4.69, 9.17) is 0 Å². The number of hydrogen-bond acceptors (Lipinski definition) is 3. The van der Waals surface area contributed by atoms with Crippen LogP contribution in [0.15, 0.2) is 57.4 Å². The van der Waals surface area contributed by atoms with Crippen LogP contribution < -0.4 is 0 Å². The second kappa shape index (κ2) is 5.61. The highest BCUT2D eigenvalue weighted by Crippen LogP contribution is 2.36. The summed E-state index contributed by atoms with van der Waals surface area (Å²) in [6.07, 6.45) is 16.5. The van der Waals surface area contributed by atoms with E-state index in [-0.39, 0.29) is 5.78 Å². The Morgan fingerprint density at radius 1 is 1.06 bits per heavy atom. The topological polar surface area (TPSA) is 17.1 Å². The van der Waals surface area contributed by atoms with Gasteiger partial charge in [0.25, 0.3) is 0 Å². The van der Waals surface area contributed by atoms with E-state index in [9.17, 15) is 4.79 Å². The predicted molar refractivity (Wildman–Crippen MR) is 78.1 cm³/mol. The van der Waals surface area contributed by atoms with Gasteiger partial charge in [-0.05, 0) is 35.8 Å². The van der Waals surface area contributed by atoms with Crippen molar-refractivity contribution in [1.29, 1.82) is 0 Å². The molecule has 0 spiro atoms. The van der Waals surface area contributed by atoms with Gasteiger partial charge in [0.15, 0.2) is 5.78 Å². The lowest BCUT2D eigenvalue weighted by atomic mass is 10.0. The van der Waals surface area contributed by atoms with Gasteiger partial charge in [0.1, 0.15) is 0 Å². The van der Waals surface area contributed by atoms with E-state index in [2.05, 4.69) is 18.6 Å². The van der Waals surface area contributed by atoms with Gasteiger partial charge in [-0.25, -0.2) is 0 Å². The summed E-state index contributed by atoms with van der Waals surface area (Å²) in [6, 6.07) is 0. The molecule has 0 amide bonds. The van der Waals surface area contributed by atoms with Crippen molar-refractivity contribution < 1.29 is 4.79 Å². The fourth-order valence-corrected chi connectivity index (χ4v) is 3.40. The fourth-order valence-electron chi connectivity index (χ4n) is 1.90. The first-order valence-electron chi connectivity index (χ1n) is 5.37. The summed E-state index contributed by atoms with van der Waals surface area (Å²) in [6.45, 7) is 0. The zero-order valence-corrected chi connectivity index (χ0v) is 11.5. The van der Waals surface area contributed by atoms with Crippen LogP contribution in [0.3, 0.4) is 0 Å². The number of rotatable bonds is 2. The van der Waals surface area contributed by atoms with Crippen LogP contribution in [-0.2, 0) is 4.79 Å². The third-order valence-corrected chi connectivity index (χ3v) is 4.92. The highest BCUT2D eigenvalue weighted by Gasteiger charge is 2.18. The average Bonchev–Trinajstić information content (AvgIpc) is 2.66. The summed E-state index contributed by atoms with van der Waals surface area (Å²) in [5.74, 6) is 0.124. The number of ketones is 1. The third-order valence-electron chi connectivity index (χ3n) is 2.74. The molecule has 1 nitrogen and oxygen atoms in total. The van der Waals surface area contributed by atoms with Crippen molar-refractivity contribution >= 4 is 29.3 Å². The van der Waals surface area contributed by atoms with Crippen molar-refractivity contribution in [2.45, 2.75) is 6.42 Å². The quantitative estimate of drug-likeness (QED) is 0.752. The molecule has 0 aromatic rings. The lowest BCUT2D eigenvalue weighted by Gasteiger charge is -2.10. The molecular weight excluding hydrogens is 248 g/mol. The van der Waals surface area contributed by atoms with Crippen LogP contribution in [0.1, 0.15) is 6.42 Å². The van der Waals surface area contributed by atoms with E-state index in [1.165, 1.54) is 15.4 Å². The maximum absolute atomic E-state index is 11.9. The van der Waals surface area contributed by atoms with Gasteiger partial charge in [-0.15, -0.1) is 23.5 Å². The second-order valence-corrected chi connectivity index (χ2v) is 5.64. The predicted octanol–water partition coefficient (Wildman–Crippen LogP) is 3.88. The minimum absolute atomic E-state index is 0.124. The molecule has 0 aromatic carbocycles. The van der Waals surface area contributed by atoms with Crippen LogP contribution in [0.4, 0.5) is 0 Å². The highest BCUT2D eigenvalue weighted by atomic mass is 32.2. The summed E-state index contributed by atoms with van der Waals surface area (Å²) in [4.78, 5) is 11.9. The number of carbonyl (C=O) groups is 1. The molecule has 0 aromatic heterocycles. The molecule has 2 rings (SSSR count). The molecule has 0 atom stereocenters. The molecule has 0 N–H and O–H groups in total. The maximum atomic E-state index is 11.9. The first kappa shape index (κ1) is 12.5. The molecule has 2 aliphatic rings. The Morgan fingerprint density at radius 3 is 2.35 bits per heavy atom. The second-order valence-electron chi connectivity index (χ2n) is 3.75. The lowest BCUT2D eigenvalue weighted by Crippen LogP contribution is -1.96. The average molecular weight is 262 g/mol. The Bertz CT molecular complexity index is 484. The van der Waals surface area contributed by atoms with Crippen LogP contribution in [0.25, 0.3) is 0 Å². The first-order chi connectivity index (χ1) is 8.26. The van der Waals surface area contributed by atoms with Gasteiger partial charge in [-0.3, -0.25) is 4.79 Å². The zero-order chi connectivity index (χ0) is 12.3. The van der Waals surface area contributed by atoms with E-state index in [1.54, 1.807) is 29.6 Å². The summed E-state index contributed by atoms with van der Waals surface area (Å²) in [5, 5.41) is 0. The van der Waals surface area contributed by atoms with Crippen LogP contribution in [0.5, 0.6) is 0 Å². The van der Waals surface area contributed by atoms with Crippen LogP contribution in [0, 0.1) is 0 Å². The molecule has 0 heterocycles. The van der Waals surface area contributed by atoms with Crippen molar-refractivity contribution in [1.82, 2.24) is 0 Å². The van der Waals surface area contributed by atoms with Crippen LogP contribution >= 0.6 is 23.5 Å². The molecular formula is C14H14OS2. The first-order valence-corrected chi connectivity index (χ1v) is 7.82. The fraction of sp³-hybridized carbons (Fsp3) is 0.214. The Kier molecular flexibility index (Phi) is 4.13. The van der Waals surface area contributed by atoms with Crippen molar-refractivity contribution in [2.75, 3.05) is 12.5 Å². The number of allylic oxidation sites excluding steroid dienone is 9. The Hall–Kier alpha value is -0.930. The molecule has 2 bridgehead atoms. The van der Waals surface area contributed by atoms with E-state index in [0.717, 1.165) is 12.0 Å². The van der Waals surface area contributed by atoms with Crippen LogP contribution in [-0.4, -0.2) is 18.3 Å². The van der Waals surface area contributed by atoms with Gasteiger partial charge in [-0.1, -0.05) is 24.3 Å². The minimum Gasteiger partial charge on any atom is -0.290 e. The molecule has 17 heavy (non-hydrogen) atoms. The Labute approximate surface area is 110 Å². The molecule has 0 saturated heterocycles. The lowest BCUT2D eigenvalue weighted by molar-refractivity contribution is -0.111. The molecule has 3 heteroatoms. The molecule has 88 valence electrons. The van der Waals surface area contributed by atoms with E-state index in [0.29, 0.717) is 0 Å². The molecule has 0 saturated carbocycles. The van der Waals surface area contributed by atoms with E-state index >= 15 is 0 Å².